The van der Waals surface area contributed by atoms with Crippen LogP contribution in [0.4, 0.5) is 0 Å². The summed E-state index contributed by atoms with van der Waals surface area (Å²) in [5, 5.41) is 0. The summed E-state index contributed by atoms with van der Waals surface area (Å²) in [4.78, 5) is 22.2. The first kappa shape index (κ1) is 10.7. The van der Waals surface area contributed by atoms with Gasteiger partial charge in [0.2, 0.25) is 5.78 Å². The predicted molar refractivity (Wildman–Crippen MR) is 56.3 cm³/mol. The van der Waals surface area contributed by atoms with Gasteiger partial charge >= 0.3 is 5.97 Å². The number of hydrogen-bond donors (Lipinski definition) is 0. The van der Waals surface area contributed by atoms with Crippen molar-refractivity contribution in [1.29, 1.82) is 0 Å². The Kier molecular flexibility index (Phi) is 2.64. The fraction of sp³-hybridized carbons (Fsp3) is 0.333. The molecule has 0 aromatic heterocycles. The van der Waals surface area contributed by atoms with E-state index in [0.717, 1.165) is 5.56 Å². The summed E-state index contributed by atoms with van der Waals surface area (Å²) in [6, 6.07) is 5.21. The molecular formula is C12H12O4. The third kappa shape index (κ3) is 1.91. The number of ether oxygens (including phenoxy) is 2. The van der Waals surface area contributed by atoms with Gasteiger partial charge < -0.3 is 9.47 Å². The van der Waals surface area contributed by atoms with Gasteiger partial charge in [-0.3, -0.25) is 9.59 Å². The maximum absolute atomic E-state index is 11.6. The molecule has 1 aliphatic heterocycles. The highest BCUT2D eigenvalue weighted by molar-refractivity contribution is 6.04. The summed E-state index contributed by atoms with van der Waals surface area (Å²) in [6.07, 6.45) is -0.418. The normalized spacial score (nSPS) is 17.9. The van der Waals surface area contributed by atoms with Crippen LogP contribution in [0.2, 0.25) is 0 Å². The SMILES string of the molecule is CC(=O)OCc1ccc2c(c1)O[C@H](C)C2=O. The van der Waals surface area contributed by atoms with Gasteiger partial charge in [0.15, 0.2) is 6.10 Å². The lowest BCUT2D eigenvalue weighted by Gasteiger charge is -2.04. The predicted octanol–water partition coefficient (Wildman–Crippen LogP) is 1.71. The largest absolute Gasteiger partial charge is 0.482 e. The van der Waals surface area contributed by atoms with Gasteiger partial charge in [-0.25, -0.2) is 0 Å². The van der Waals surface area contributed by atoms with Gasteiger partial charge in [0, 0.05) is 6.92 Å². The lowest BCUT2D eigenvalue weighted by atomic mass is 10.1. The smallest absolute Gasteiger partial charge is 0.302 e. The number of esters is 1. The monoisotopic (exact) mass is 220 g/mol. The van der Waals surface area contributed by atoms with Crippen molar-refractivity contribution in [2.75, 3.05) is 0 Å². The second-order valence-electron chi connectivity index (χ2n) is 3.74. The lowest BCUT2D eigenvalue weighted by molar-refractivity contribution is -0.142. The van der Waals surface area contributed by atoms with E-state index in [2.05, 4.69) is 0 Å². The molecule has 0 saturated heterocycles. The standard InChI is InChI=1S/C12H12O4/c1-7-12(14)10-4-3-9(5-11(10)16-7)6-15-8(2)13/h3-5,7H,6H2,1-2H3/t7-/m1/s1. The number of carbonyl (C=O) groups excluding carboxylic acids is 2. The quantitative estimate of drug-likeness (QED) is 0.712. The molecule has 0 radical (unpaired) electrons. The van der Waals surface area contributed by atoms with E-state index >= 15 is 0 Å². The molecule has 0 amide bonds. The molecule has 1 heterocycles. The average Bonchev–Trinajstić information content (AvgIpc) is 2.52. The summed E-state index contributed by atoms with van der Waals surface area (Å²) in [7, 11) is 0. The summed E-state index contributed by atoms with van der Waals surface area (Å²) in [5.74, 6) is 0.238. The fourth-order valence-corrected chi connectivity index (χ4v) is 1.61. The van der Waals surface area contributed by atoms with Crippen molar-refractivity contribution in [3.8, 4) is 5.75 Å². The summed E-state index contributed by atoms with van der Waals surface area (Å²) < 4.78 is 10.2. The third-order valence-electron chi connectivity index (χ3n) is 2.43. The van der Waals surface area contributed by atoms with Crippen molar-refractivity contribution in [2.45, 2.75) is 26.6 Å². The topological polar surface area (TPSA) is 52.6 Å². The first-order chi connectivity index (χ1) is 7.58. The van der Waals surface area contributed by atoms with Gasteiger partial charge in [0.25, 0.3) is 0 Å². The molecule has 4 nitrogen and oxygen atoms in total. The van der Waals surface area contributed by atoms with E-state index in [1.165, 1.54) is 6.92 Å². The number of benzene rings is 1. The molecule has 4 heteroatoms. The maximum atomic E-state index is 11.6. The first-order valence-corrected chi connectivity index (χ1v) is 5.05. The van der Waals surface area contributed by atoms with Crippen molar-refractivity contribution in [2.24, 2.45) is 0 Å². The van der Waals surface area contributed by atoms with Crippen LogP contribution in [0, 0.1) is 0 Å². The lowest BCUT2D eigenvalue weighted by Crippen LogP contribution is -2.14. The van der Waals surface area contributed by atoms with E-state index in [1.54, 1.807) is 25.1 Å². The Morgan fingerprint density at radius 1 is 1.50 bits per heavy atom. The summed E-state index contributed by atoms with van der Waals surface area (Å²) in [5.41, 5.74) is 1.41. The molecule has 1 aromatic rings. The van der Waals surface area contributed by atoms with Crippen LogP contribution in [0.5, 0.6) is 5.75 Å². The number of rotatable bonds is 2. The molecule has 0 N–H and O–H groups in total. The van der Waals surface area contributed by atoms with Crippen molar-refractivity contribution >= 4 is 11.8 Å². The van der Waals surface area contributed by atoms with Crippen LogP contribution in [0.25, 0.3) is 0 Å². The van der Waals surface area contributed by atoms with Gasteiger partial charge in [-0.05, 0) is 24.6 Å². The molecule has 1 atom stereocenters. The van der Waals surface area contributed by atoms with Crippen LogP contribution in [0.1, 0.15) is 29.8 Å². The molecule has 0 aliphatic carbocycles. The molecule has 0 saturated carbocycles. The summed E-state index contributed by atoms with van der Waals surface area (Å²) >= 11 is 0. The maximum Gasteiger partial charge on any atom is 0.302 e. The van der Waals surface area contributed by atoms with Crippen LogP contribution < -0.4 is 4.74 Å². The zero-order valence-corrected chi connectivity index (χ0v) is 9.15. The Bertz CT molecular complexity index is 450. The van der Waals surface area contributed by atoms with Crippen molar-refractivity contribution in [3.63, 3.8) is 0 Å². The minimum Gasteiger partial charge on any atom is -0.482 e. The van der Waals surface area contributed by atoms with E-state index in [1.807, 2.05) is 0 Å². The van der Waals surface area contributed by atoms with Crippen molar-refractivity contribution < 1.29 is 19.1 Å². The Labute approximate surface area is 93.2 Å². The van der Waals surface area contributed by atoms with Gasteiger partial charge in [-0.2, -0.15) is 0 Å². The number of Topliss-reactive ketones (excluding diaryl/α,β-unsaturated/α-hetero) is 1. The second kappa shape index (κ2) is 3.96. The van der Waals surface area contributed by atoms with Crippen LogP contribution in [-0.4, -0.2) is 17.9 Å². The second-order valence-corrected chi connectivity index (χ2v) is 3.74. The molecular weight excluding hydrogens is 208 g/mol. The Morgan fingerprint density at radius 2 is 2.25 bits per heavy atom. The van der Waals surface area contributed by atoms with Crippen LogP contribution in [-0.2, 0) is 16.1 Å². The molecule has 1 aromatic carbocycles. The molecule has 2 rings (SSSR count). The molecule has 0 bridgehead atoms. The van der Waals surface area contributed by atoms with Crippen molar-refractivity contribution in [3.05, 3.63) is 29.3 Å². The highest BCUT2D eigenvalue weighted by Crippen LogP contribution is 2.29. The molecule has 84 valence electrons. The number of ketones is 1. The Morgan fingerprint density at radius 3 is 2.94 bits per heavy atom. The van der Waals surface area contributed by atoms with E-state index in [9.17, 15) is 9.59 Å². The first-order valence-electron chi connectivity index (χ1n) is 5.05. The third-order valence-corrected chi connectivity index (χ3v) is 2.43. The molecule has 0 unspecified atom stereocenters. The van der Waals surface area contributed by atoms with E-state index in [4.69, 9.17) is 9.47 Å². The minimum absolute atomic E-state index is 0.00552. The number of carbonyl (C=O) groups is 2. The van der Waals surface area contributed by atoms with Crippen LogP contribution >= 0.6 is 0 Å². The highest BCUT2D eigenvalue weighted by Gasteiger charge is 2.28. The Hall–Kier alpha value is -1.84. The van der Waals surface area contributed by atoms with E-state index in [0.29, 0.717) is 11.3 Å². The van der Waals surface area contributed by atoms with E-state index < -0.39 is 6.10 Å². The number of hydrogen-bond acceptors (Lipinski definition) is 4. The van der Waals surface area contributed by atoms with Gasteiger partial charge in [0.05, 0.1) is 5.56 Å². The van der Waals surface area contributed by atoms with E-state index in [-0.39, 0.29) is 18.4 Å². The molecule has 0 fully saturated rings. The number of fused-ring (bicyclic) bond motifs is 1. The van der Waals surface area contributed by atoms with Crippen molar-refractivity contribution in [1.82, 2.24) is 0 Å². The molecule has 0 spiro atoms. The zero-order chi connectivity index (χ0) is 11.7. The van der Waals surface area contributed by atoms with Gasteiger partial charge in [0.1, 0.15) is 12.4 Å². The minimum atomic E-state index is -0.418. The molecule has 1 aliphatic rings. The van der Waals surface area contributed by atoms with Crippen LogP contribution in [0.15, 0.2) is 18.2 Å². The van der Waals surface area contributed by atoms with Gasteiger partial charge in [-0.1, -0.05) is 6.07 Å². The average molecular weight is 220 g/mol. The summed E-state index contributed by atoms with van der Waals surface area (Å²) in [6.45, 7) is 3.28. The Balaban J connectivity index is 2.18. The highest BCUT2D eigenvalue weighted by atomic mass is 16.5. The fourth-order valence-electron chi connectivity index (χ4n) is 1.61. The molecule has 16 heavy (non-hydrogen) atoms. The zero-order valence-electron chi connectivity index (χ0n) is 9.15. The van der Waals surface area contributed by atoms with Crippen LogP contribution in [0.3, 0.4) is 0 Å². The van der Waals surface area contributed by atoms with Gasteiger partial charge in [-0.15, -0.1) is 0 Å².